The van der Waals surface area contributed by atoms with E-state index in [2.05, 4.69) is 10.6 Å². The molecule has 0 spiro atoms. The topological polar surface area (TPSA) is 85.6 Å². The fraction of sp³-hybridized carbons (Fsp3) is 0.500. The van der Waals surface area contributed by atoms with Crippen molar-refractivity contribution < 1.29 is 18.7 Å². The summed E-state index contributed by atoms with van der Waals surface area (Å²) >= 11 is 0. The molecule has 0 bridgehead atoms. The second-order valence-corrected chi connectivity index (χ2v) is 9.63. The number of nitrogens with two attached hydrogens (primary N) is 1. The number of hydrogen-bond donors (Lipinski definition) is 3. The molecule has 1 fully saturated rings. The highest BCUT2D eigenvalue weighted by atomic mass is 19.1. The summed E-state index contributed by atoms with van der Waals surface area (Å²) in [7, 11) is 1.60. The molecule has 0 aromatic heterocycles. The largest absolute Gasteiger partial charge is 0.493 e. The van der Waals surface area contributed by atoms with Gasteiger partial charge in [0.2, 0.25) is 5.91 Å². The van der Waals surface area contributed by atoms with Crippen LogP contribution in [0.4, 0.5) is 10.1 Å². The van der Waals surface area contributed by atoms with Crippen LogP contribution < -0.4 is 25.8 Å². The molecule has 5 rings (SSSR count). The minimum absolute atomic E-state index is 0.0953. The van der Waals surface area contributed by atoms with Crippen LogP contribution in [-0.2, 0) is 6.42 Å². The minimum Gasteiger partial charge on any atom is -0.493 e. The number of carbonyl (C=O) groups is 1. The second kappa shape index (κ2) is 9.21. The van der Waals surface area contributed by atoms with Crippen LogP contribution in [0.3, 0.4) is 0 Å². The normalized spacial score (nSPS) is 22.0. The number of rotatable bonds is 9. The van der Waals surface area contributed by atoms with Gasteiger partial charge in [0.15, 0.2) is 11.5 Å². The number of benzene rings is 2. The number of ether oxygens (including phenoxy) is 2. The maximum Gasteiger partial charge on any atom is 0.249 e. The third-order valence-corrected chi connectivity index (χ3v) is 7.23. The molecule has 176 valence electrons. The number of hydrogen-bond acceptors (Lipinski definition) is 5. The predicted molar refractivity (Wildman–Crippen MR) is 126 cm³/mol. The Balaban J connectivity index is 1.27. The van der Waals surface area contributed by atoms with Gasteiger partial charge in [-0.25, -0.2) is 4.39 Å². The van der Waals surface area contributed by atoms with Gasteiger partial charge < -0.3 is 25.8 Å². The molecule has 2 aromatic rings. The van der Waals surface area contributed by atoms with Crippen molar-refractivity contribution in [3.8, 4) is 11.5 Å². The van der Waals surface area contributed by atoms with Gasteiger partial charge in [0.05, 0.1) is 7.11 Å². The van der Waals surface area contributed by atoms with Crippen LogP contribution >= 0.6 is 0 Å². The van der Waals surface area contributed by atoms with Crippen LogP contribution in [0.5, 0.6) is 11.5 Å². The molecular weight excluding hydrogens is 421 g/mol. The molecular formula is C26H32FN3O3. The summed E-state index contributed by atoms with van der Waals surface area (Å²) in [6, 6.07) is 8.93. The smallest absolute Gasteiger partial charge is 0.249 e. The van der Waals surface area contributed by atoms with Crippen molar-refractivity contribution >= 4 is 11.6 Å². The lowest BCUT2D eigenvalue weighted by Crippen LogP contribution is -2.45. The van der Waals surface area contributed by atoms with Gasteiger partial charge in [-0.2, -0.15) is 0 Å². The third-order valence-electron chi connectivity index (χ3n) is 7.23. The van der Waals surface area contributed by atoms with E-state index in [-0.39, 0.29) is 11.9 Å². The Labute approximate surface area is 194 Å². The van der Waals surface area contributed by atoms with E-state index < -0.39 is 5.91 Å². The Kier molecular flexibility index (Phi) is 6.15. The molecule has 3 unspecified atom stereocenters. The van der Waals surface area contributed by atoms with E-state index in [1.807, 2.05) is 6.07 Å². The van der Waals surface area contributed by atoms with E-state index in [1.54, 1.807) is 25.3 Å². The van der Waals surface area contributed by atoms with Gasteiger partial charge in [0, 0.05) is 41.4 Å². The Bertz CT molecular complexity index is 1040. The monoisotopic (exact) mass is 453 g/mol. The third kappa shape index (κ3) is 4.78. The van der Waals surface area contributed by atoms with Crippen LogP contribution in [-0.4, -0.2) is 38.3 Å². The average Bonchev–Trinajstić information content (AvgIpc) is 3.54. The highest BCUT2D eigenvalue weighted by Gasteiger charge is 2.32. The number of methoxy groups -OCH3 is 1. The number of carbonyl (C=O) groups excluding carboxylic acids is 1. The molecule has 4 N–H and O–H groups in total. The molecule has 1 saturated carbocycles. The van der Waals surface area contributed by atoms with Gasteiger partial charge in [-0.15, -0.1) is 0 Å². The van der Waals surface area contributed by atoms with Crippen molar-refractivity contribution in [2.24, 2.45) is 11.7 Å². The van der Waals surface area contributed by atoms with Gasteiger partial charge in [-0.1, -0.05) is 12.8 Å². The number of amides is 1. The van der Waals surface area contributed by atoms with Crippen molar-refractivity contribution in [3.63, 3.8) is 0 Å². The lowest BCUT2D eigenvalue weighted by molar-refractivity contribution is 0.0997. The predicted octanol–water partition coefficient (Wildman–Crippen LogP) is 3.98. The van der Waals surface area contributed by atoms with Gasteiger partial charge >= 0.3 is 0 Å². The zero-order valence-corrected chi connectivity index (χ0v) is 19.0. The lowest BCUT2D eigenvalue weighted by Gasteiger charge is -2.32. The summed E-state index contributed by atoms with van der Waals surface area (Å²) in [4.78, 5) is 12.0. The molecule has 2 aromatic carbocycles. The molecule has 3 atom stereocenters. The Morgan fingerprint density at radius 2 is 2.18 bits per heavy atom. The van der Waals surface area contributed by atoms with Crippen molar-refractivity contribution in [1.29, 1.82) is 0 Å². The summed E-state index contributed by atoms with van der Waals surface area (Å²) in [5.74, 6) is 1.74. The molecule has 7 heteroatoms. The molecule has 6 nitrogen and oxygen atoms in total. The van der Waals surface area contributed by atoms with E-state index in [0.717, 1.165) is 48.5 Å². The highest BCUT2D eigenvalue weighted by molar-refractivity contribution is 5.95. The first kappa shape index (κ1) is 22.0. The van der Waals surface area contributed by atoms with Crippen LogP contribution in [0.15, 0.2) is 30.3 Å². The van der Waals surface area contributed by atoms with E-state index in [1.165, 1.54) is 18.9 Å². The van der Waals surface area contributed by atoms with Gasteiger partial charge in [0.25, 0.3) is 0 Å². The maximum absolute atomic E-state index is 13.8. The number of nitrogens with one attached hydrogen (secondary N) is 2. The van der Waals surface area contributed by atoms with Gasteiger partial charge in [-0.3, -0.25) is 4.79 Å². The fourth-order valence-corrected chi connectivity index (χ4v) is 5.35. The number of primary amides is 1. The molecule has 0 saturated heterocycles. The molecule has 3 aliphatic rings. The molecule has 2 heterocycles. The standard InChI is InChI=1S/C26H32FN3O3/c1-32-24-9-7-20(26(28)31)22-12-19(14-33-25(22)24)30-18(10-15-2-3-15)6-4-16-13-29-23-8-5-17(27)11-21(16)23/h5,7-9,11,15-16,18-19,29-30H,2-4,6,10,12-14H2,1H3,(H2,28,31). The Morgan fingerprint density at radius 1 is 1.33 bits per heavy atom. The average molecular weight is 454 g/mol. The first-order chi connectivity index (χ1) is 16.0. The molecule has 1 amide bonds. The highest BCUT2D eigenvalue weighted by Crippen LogP contribution is 2.40. The minimum atomic E-state index is -0.452. The summed E-state index contributed by atoms with van der Waals surface area (Å²) in [6.07, 6.45) is 6.42. The second-order valence-electron chi connectivity index (χ2n) is 9.63. The summed E-state index contributed by atoms with van der Waals surface area (Å²) in [5.41, 5.74) is 9.09. The molecule has 0 radical (unpaired) electrons. The van der Waals surface area contributed by atoms with Gasteiger partial charge in [-0.05, 0) is 67.5 Å². The van der Waals surface area contributed by atoms with Crippen molar-refractivity contribution in [2.75, 3.05) is 25.6 Å². The van der Waals surface area contributed by atoms with E-state index in [0.29, 0.717) is 42.0 Å². The SMILES string of the molecule is COc1ccc(C(N)=O)c2c1OCC(NC(CCC1CNc3ccc(F)cc31)CC1CC1)C2. The number of halogens is 1. The van der Waals surface area contributed by atoms with Crippen molar-refractivity contribution in [2.45, 2.75) is 56.5 Å². The van der Waals surface area contributed by atoms with Crippen LogP contribution in [0, 0.1) is 11.7 Å². The van der Waals surface area contributed by atoms with E-state index in [9.17, 15) is 9.18 Å². The first-order valence-electron chi connectivity index (χ1n) is 11.9. The number of anilines is 1. The summed E-state index contributed by atoms with van der Waals surface area (Å²) in [6.45, 7) is 1.38. The number of fused-ring (bicyclic) bond motifs is 2. The Morgan fingerprint density at radius 3 is 2.94 bits per heavy atom. The molecule has 2 aliphatic heterocycles. The van der Waals surface area contributed by atoms with E-state index in [4.69, 9.17) is 15.2 Å². The van der Waals surface area contributed by atoms with Crippen LogP contribution in [0.1, 0.15) is 59.5 Å². The first-order valence-corrected chi connectivity index (χ1v) is 11.9. The summed E-state index contributed by atoms with van der Waals surface area (Å²) in [5, 5.41) is 7.23. The van der Waals surface area contributed by atoms with Crippen molar-refractivity contribution in [3.05, 3.63) is 52.8 Å². The lowest BCUT2D eigenvalue weighted by atomic mass is 9.91. The quantitative estimate of drug-likeness (QED) is 0.535. The zero-order chi connectivity index (χ0) is 22.9. The summed E-state index contributed by atoms with van der Waals surface area (Å²) < 4.78 is 25.3. The molecule has 33 heavy (non-hydrogen) atoms. The van der Waals surface area contributed by atoms with Gasteiger partial charge in [0.1, 0.15) is 12.4 Å². The maximum atomic E-state index is 13.8. The zero-order valence-electron chi connectivity index (χ0n) is 19.0. The van der Waals surface area contributed by atoms with Crippen LogP contribution in [0.25, 0.3) is 0 Å². The van der Waals surface area contributed by atoms with E-state index >= 15 is 0 Å². The fourth-order valence-electron chi connectivity index (χ4n) is 5.35. The molecule has 1 aliphatic carbocycles. The Hall–Kier alpha value is -2.80. The van der Waals surface area contributed by atoms with Crippen LogP contribution in [0.2, 0.25) is 0 Å². The van der Waals surface area contributed by atoms with Crippen molar-refractivity contribution in [1.82, 2.24) is 5.32 Å².